The number of hydrogen-bond acceptors (Lipinski definition) is 3. The second kappa shape index (κ2) is 6.65. The summed E-state index contributed by atoms with van der Waals surface area (Å²) in [5.74, 6) is -0.756. The monoisotopic (exact) mass is 317 g/mol. The molecule has 0 radical (unpaired) electrons. The van der Waals surface area contributed by atoms with Crippen LogP contribution in [0.1, 0.15) is 65.2 Å². The van der Waals surface area contributed by atoms with Gasteiger partial charge in [0.25, 0.3) is 0 Å². The summed E-state index contributed by atoms with van der Waals surface area (Å²) in [6, 6.07) is -0.940. The average molecular weight is 317 g/mol. The van der Waals surface area contributed by atoms with E-state index < -0.39 is 27.3 Å². The van der Waals surface area contributed by atoms with Gasteiger partial charge in [-0.25, -0.2) is 8.42 Å². The highest BCUT2D eigenvalue weighted by Crippen LogP contribution is 2.42. The molecule has 0 bridgehead atoms. The van der Waals surface area contributed by atoms with Crippen molar-refractivity contribution in [1.29, 1.82) is 0 Å². The Labute approximate surface area is 127 Å². The first-order chi connectivity index (χ1) is 9.93. The van der Waals surface area contributed by atoms with Gasteiger partial charge in [0, 0.05) is 6.04 Å². The van der Waals surface area contributed by atoms with Crippen LogP contribution < -0.4 is 0 Å². The van der Waals surface area contributed by atoms with Crippen molar-refractivity contribution in [2.24, 2.45) is 5.92 Å². The third-order valence-electron chi connectivity index (χ3n) is 5.10. The van der Waals surface area contributed by atoms with Crippen molar-refractivity contribution in [2.75, 3.05) is 0 Å². The number of carboxylic acid groups (broad SMARTS) is 1. The number of fused-ring (bicyclic) bond motifs is 1. The van der Waals surface area contributed by atoms with E-state index in [1.54, 1.807) is 0 Å². The summed E-state index contributed by atoms with van der Waals surface area (Å²) < 4.78 is 27.4. The smallest absolute Gasteiger partial charge is 0.322 e. The van der Waals surface area contributed by atoms with E-state index in [0.29, 0.717) is 19.3 Å². The lowest BCUT2D eigenvalue weighted by atomic mass is 9.85. The van der Waals surface area contributed by atoms with Gasteiger partial charge in [0.05, 0.1) is 5.25 Å². The maximum atomic E-state index is 13.0. The molecule has 1 N–H and O–H groups in total. The molecule has 21 heavy (non-hydrogen) atoms. The van der Waals surface area contributed by atoms with Crippen LogP contribution in [0.2, 0.25) is 0 Å². The van der Waals surface area contributed by atoms with Crippen molar-refractivity contribution in [3.05, 3.63) is 0 Å². The predicted molar refractivity (Wildman–Crippen MR) is 81.5 cm³/mol. The van der Waals surface area contributed by atoms with Gasteiger partial charge in [-0.15, -0.1) is 0 Å². The van der Waals surface area contributed by atoms with E-state index in [1.165, 1.54) is 4.31 Å². The van der Waals surface area contributed by atoms with Gasteiger partial charge in [-0.1, -0.05) is 33.1 Å². The van der Waals surface area contributed by atoms with E-state index in [2.05, 4.69) is 0 Å². The fourth-order valence-electron chi connectivity index (χ4n) is 4.05. The van der Waals surface area contributed by atoms with Crippen molar-refractivity contribution >= 4 is 16.0 Å². The van der Waals surface area contributed by atoms with Crippen molar-refractivity contribution in [2.45, 2.75) is 82.5 Å². The molecule has 0 aromatic rings. The Morgan fingerprint density at radius 1 is 1.29 bits per heavy atom. The van der Waals surface area contributed by atoms with Gasteiger partial charge in [-0.05, 0) is 38.0 Å². The molecule has 0 spiro atoms. The molecule has 4 atom stereocenters. The molecule has 2 rings (SSSR count). The fraction of sp³-hybridized carbons (Fsp3) is 0.933. The van der Waals surface area contributed by atoms with Gasteiger partial charge in [-0.2, -0.15) is 4.31 Å². The lowest BCUT2D eigenvalue weighted by Gasteiger charge is -2.34. The minimum Gasteiger partial charge on any atom is -0.480 e. The van der Waals surface area contributed by atoms with Crippen LogP contribution in [-0.4, -0.2) is 41.1 Å². The molecule has 1 saturated carbocycles. The van der Waals surface area contributed by atoms with Crippen LogP contribution >= 0.6 is 0 Å². The molecule has 2 aliphatic rings. The van der Waals surface area contributed by atoms with E-state index in [1.807, 2.05) is 13.8 Å². The largest absolute Gasteiger partial charge is 0.480 e. The molecule has 5 nitrogen and oxygen atoms in total. The molecule has 6 heteroatoms. The zero-order valence-corrected chi connectivity index (χ0v) is 13.8. The van der Waals surface area contributed by atoms with E-state index in [4.69, 9.17) is 0 Å². The summed E-state index contributed by atoms with van der Waals surface area (Å²) in [5.41, 5.74) is 0. The molecule has 1 heterocycles. The van der Waals surface area contributed by atoms with Gasteiger partial charge in [0.1, 0.15) is 6.04 Å². The highest BCUT2D eigenvalue weighted by molar-refractivity contribution is 7.89. The van der Waals surface area contributed by atoms with Crippen LogP contribution in [-0.2, 0) is 14.8 Å². The highest BCUT2D eigenvalue weighted by Gasteiger charge is 2.52. The number of nitrogens with zero attached hydrogens (tertiary/aromatic N) is 1. The first-order valence-corrected chi connectivity index (χ1v) is 9.68. The van der Waals surface area contributed by atoms with E-state index in [0.717, 1.165) is 32.1 Å². The Hall–Kier alpha value is -0.620. The number of sulfonamides is 1. The van der Waals surface area contributed by atoms with Crippen LogP contribution in [0.3, 0.4) is 0 Å². The number of aliphatic carboxylic acids is 1. The Bertz CT molecular complexity index is 476. The molecule has 0 amide bonds. The maximum Gasteiger partial charge on any atom is 0.322 e. The second-order valence-electron chi connectivity index (χ2n) is 6.40. The standard InChI is InChI=1S/C15H27NO4S/c1-3-7-12(4-2)21(19,20)16-13-9-6-5-8-11(13)10-14(16)15(17)18/h11-14H,3-10H2,1-2H3,(H,17,18). The Morgan fingerprint density at radius 2 is 1.95 bits per heavy atom. The van der Waals surface area contributed by atoms with Gasteiger partial charge in [0.2, 0.25) is 10.0 Å². The van der Waals surface area contributed by atoms with Gasteiger partial charge >= 0.3 is 5.97 Å². The summed E-state index contributed by atoms with van der Waals surface area (Å²) in [5, 5.41) is 9.03. The van der Waals surface area contributed by atoms with E-state index in [-0.39, 0.29) is 12.0 Å². The van der Waals surface area contributed by atoms with Crippen molar-refractivity contribution < 1.29 is 18.3 Å². The van der Waals surface area contributed by atoms with Crippen LogP contribution in [0, 0.1) is 5.92 Å². The third kappa shape index (κ3) is 3.11. The third-order valence-corrected chi connectivity index (χ3v) is 7.62. The summed E-state index contributed by atoms with van der Waals surface area (Å²) in [7, 11) is -3.53. The molecule has 0 aromatic carbocycles. The Morgan fingerprint density at radius 3 is 2.52 bits per heavy atom. The SMILES string of the molecule is CCCC(CC)S(=O)(=O)N1C(C(=O)O)CC2CCCCC21. The van der Waals surface area contributed by atoms with Gasteiger partial charge in [-0.3, -0.25) is 4.79 Å². The average Bonchev–Trinajstić information content (AvgIpc) is 2.84. The fourth-order valence-corrected chi connectivity index (χ4v) is 6.54. The predicted octanol–water partition coefficient (Wildman–Crippen LogP) is 2.61. The quantitative estimate of drug-likeness (QED) is 0.817. The Kier molecular flexibility index (Phi) is 5.30. The molecular weight excluding hydrogens is 290 g/mol. The van der Waals surface area contributed by atoms with Crippen LogP contribution in [0.15, 0.2) is 0 Å². The van der Waals surface area contributed by atoms with Gasteiger partial charge < -0.3 is 5.11 Å². The molecule has 1 aliphatic carbocycles. The maximum absolute atomic E-state index is 13.0. The minimum absolute atomic E-state index is 0.0873. The summed E-state index contributed by atoms with van der Waals surface area (Å²) in [6.45, 7) is 3.85. The lowest BCUT2D eigenvalue weighted by molar-refractivity contribution is -0.141. The first-order valence-electron chi connectivity index (χ1n) is 8.18. The molecular formula is C15H27NO4S. The molecule has 0 aromatic heterocycles. The van der Waals surface area contributed by atoms with Crippen molar-refractivity contribution in [3.8, 4) is 0 Å². The van der Waals surface area contributed by atoms with E-state index >= 15 is 0 Å². The summed E-state index contributed by atoms with van der Waals surface area (Å²) in [4.78, 5) is 11.6. The number of rotatable bonds is 6. The first kappa shape index (κ1) is 16.7. The number of carboxylic acids is 1. The van der Waals surface area contributed by atoms with Crippen LogP contribution in [0.25, 0.3) is 0 Å². The summed E-state index contributed by atoms with van der Waals surface area (Å²) in [6.07, 6.45) is 6.33. The van der Waals surface area contributed by atoms with Crippen molar-refractivity contribution in [1.82, 2.24) is 4.31 Å². The molecule has 1 aliphatic heterocycles. The van der Waals surface area contributed by atoms with Crippen LogP contribution in [0.5, 0.6) is 0 Å². The zero-order valence-electron chi connectivity index (χ0n) is 13.0. The number of hydrogen-bond donors (Lipinski definition) is 1. The van der Waals surface area contributed by atoms with Crippen LogP contribution in [0.4, 0.5) is 0 Å². The molecule has 2 fully saturated rings. The normalized spacial score (nSPS) is 31.8. The molecule has 1 saturated heterocycles. The molecule has 4 unspecified atom stereocenters. The minimum atomic E-state index is -3.53. The highest BCUT2D eigenvalue weighted by atomic mass is 32.2. The van der Waals surface area contributed by atoms with Gasteiger partial charge in [0.15, 0.2) is 0 Å². The number of carbonyl (C=O) groups is 1. The topological polar surface area (TPSA) is 74.7 Å². The van der Waals surface area contributed by atoms with E-state index in [9.17, 15) is 18.3 Å². The lowest BCUT2D eigenvalue weighted by Crippen LogP contribution is -2.49. The zero-order chi connectivity index (χ0) is 15.6. The molecule has 122 valence electrons. The van der Waals surface area contributed by atoms with Crippen molar-refractivity contribution in [3.63, 3.8) is 0 Å². The second-order valence-corrected chi connectivity index (χ2v) is 8.51. The Balaban J connectivity index is 2.34. The summed E-state index contributed by atoms with van der Waals surface area (Å²) >= 11 is 0.